The van der Waals surface area contributed by atoms with Gasteiger partial charge in [-0.15, -0.1) is 0 Å². The zero-order chi connectivity index (χ0) is 18.1. The van der Waals surface area contributed by atoms with Crippen LogP contribution in [0.5, 0.6) is 5.75 Å². The second kappa shape index (κ2) is 7.04. The van der Waals surface area contributed by atoms with Crippen molar-refractivity contribution in [2.75, 3.05) is 5.32 Å². The molecule has 1 amide bonds. The summed E-state index contributed by atoms with van der Waals surface area (Å²) in [7, 11) is 0. The maximum absolute atomic E-state index is 12.5. The zero-order valence-corrected chi connectivity index (χ0v) is 15.2. The first-order valence-electron chi connectivity index (χ1n) is 8.23. The summed E-state index contributed by atoms with van der Waals surface area (Å²) in [4.78, 5) is 12.5. The van der Waals surface area contributed by atoms with Gasteiger partial charge in [0.2, 0.25) is 5.91 Å². The Labute approximate surface area is 152 Å². The Morgan fingerprint density at radius 1 is 1.12 bits per heavy atom. The number of nitrogens with one attached hydrogen (secondary N) is 3. The van der Waals surface area contributed by atoms with Crippen LogP contribution in [0.25, 0.3) is 0 Å². The SMILES string of the molecule is Cc1cc(O)c(C2CC(C(=O)Nc3cc(Cl)ccc3C)NN2)cc1C. The van der Waals surface area contributed by atoms with Gasteiger partial charge in [0.15, 0.2) is 0 Å². The largest absolute Gasteiger partial charge is 0.508 e. The van der Waals surface area contributed by atoms with Gasteiger partial charge in [0.25, 0.3) is 0 Å². The minimum atomic E-state index is -0.399. The quantitative estimate of drug-likeness (QED) is 0.676. The molecule has 2 aromatic rings. The zero-order valence-electron chi connectivity index (χ0n) is 14.5. The van der Waals surface area contributed by atoms with Crippen LogP contribution in [-0.2, 0) is 4.79 Å². The fourth-order valence-corrected chi connectivity index (χ4v) is 3.16. The first-order chi connectivity index (χ1) is 11.8. The van der Waals surface area contributed by atoms with Crippen molar-refractivity contribution in [2.45, 2.75) is 39.3 Å². The van der Waals surface area contributed by atoms with Crippen molar-refractivity contribution in [3.63, 3.8) is 0 Å². The van der Waals surface area contributed by atoms with Gasteiger partial charge < -0.3 is 10.4 Å². The lowest BCUT2D eigenvalue weighted by Crippen LogP contribution is -2.39. The van der Waals surface area contributed by atoms with Crippen LogP contribution in [0, 0.1) is 20.8 Å². The van der Waals surface area contributed by atoms with Crippen molar-refractivity contribution in [1.29, 1.82) is 0 Å². The lowest BCUT2D eigenvalue weighted by Gasteiger charge is -2.14. The molecule has 1 aliphatic heterocycles. The Morgan fingerprint density at radius 3 is 2.60 bits per heavy atom. The summed E-state index contributed by atoms with van der Waals surface area (Å²) in [6.07, 6.45) is 0.543. The maximum Gasteiger partial charge on any atom is 0.242 e. The van der Waals surface area contributed by atoms with Crippen LogP contribution in [0.15, 0.2) is 30.3 Å². The van der Waals surface area contributed by atoms with E-state index in [4.69, 9.17) is 11.6 Å². The molecule has 25 heavy (non-hydrogen) atoms. The van der Waals surface area contributed by atoms with Crippen LogP contribution in [0.1, 0.15) is 34.7 Å². The van der Waals surface area contributed by atoms with Gasteiger partial charge in [-0.3, -0.25) is 4.79 Å². The number of hydrogen-bond donors (Lipinski definition) is 4. The van der Waals surface area contributed by atoms with Crippen molar-refractivity contribution in [3.05, 3.63) is 57.6 Å². The summed E-state index contributed by atoms with van der Waals surface area (Å²) in [5.41, 5.74) is 10.7. The van der Waals surface area contributed by atoms with E-state index in [1.807, 2.05) is 32.9 Å². The Kier molecular flexibility index (Phi) is 4.99. The predicted molar refractivity (Wildman–Crippen MR) is 99.8 cm³/mol. The lowest BCUT2D eigenvalue weighted by atomic mass is 9.97. The second-order valence-corrected chi connectivity index (χ2v) is 7.01. The Hall–Kier alpha value is -2.08. The van der Waals surface area contributed by atoms with E-state index in [9.17, 15) is 9.90 Å². The Bertz CT molecular complexity index is 823. The number of anilines is 1. The van der Waals surface area contributed by atoms with Gasteiger partial charge in [-0.05, 0) is 62.1 Å². The van der Waals surface area contributed by atoms with Crippen LogP contribution < -0.4 is 16.2 Å². The monoisotopic (exact) mass is 359 g/mol. The molecule has 2 unspecified atom stereocenters. The van der Waals surface area contributed by atoms with E-state index < -0.39 is 6.04 Å². The number of aromatic hydroxyl groups is 1. The minimum Gasteiger partial charge on any atom is -0.508 e. The summed E-state index contributed by atoms with van der Waals surface area (Å²) < 4.78 is 0. The highest BCUT2D eigenvalue weighted by Crippen LogP contribution is 2.32. The van der Waals surface area contributed by atoms with Crippen molar-refractivity contribution >= 4 is 23.2 Å². The standard InChI is InChI=1S/C19H22ClN3O2/c1-10-4-5-13(20)8-15(10)21-19(25)17-9-16(22-23-17)14-6-11(2)12(3)7-18(14)24/h4-8,16-17,22-24H,9H2,1-3H3,(H,21,25). The lowest BCUT2D eigenvalue weighted by molar-refractivity contribution is -0.117. The fourth-order valence-electron chi connectivity index (χ4n) is 2.98. The molecule has 4 N–H and O–H groups in total. The van der Waals surface area contributed by atoms with E-state index in [-0.39, 0.29) is 17.7 Å². The number of phenols is 1. The number of hydrogen-bond acceptors (Lipinski definition) is 4. The van der Waals surface area contributed by atoms with Crippen molar-refractivity contribution in [2.24, 2.45) is 0 Å². The van der Waals surface area contributed by atoms with Gasteiger partial charge >= 0.3 is 0 Å². The molecule has 3 rings (SSSR count). The van der Waals surface area contributed by atoms with Crippen molar-refractivity contribution in [3.8, 4) is 5.75 Å². The highest BCUT2D eigenvalue weighted by atomic mass is 35.5. The molecule has 2 aromatic carbocycles. The number of phenolic OH excluding ortho intramolecular Hbond substituents is 1. The van der Waals surface area contributed by atoms with Crippen LogP contribution in [0.3, 0.4) is 0 Å². The molecular weight excluding hydrogens is 338 g/mol. The van der Waals surface area contributed by atoms with Crippen LogP contribution in [0.2, 0.25) is 5.02 Å². The highest BCUT2D eigenvalue weighted by Gasteiger charge is 2.31. The summed E-state index contributed by atoms with van der Waals surface area (Å²) in [6.45, 7) is 5.89. The molecule has 0 aliphatic carbocycles. The molecule has 1 aliphatic rings. The molecule has 0 radical (unpaired) electrons. The number of rotatable bonds is 3. The van der Waals surface area contributed by atoms with E-state index in [0.29, 0.717) is 17.1 Å². The average Bonchev–Trinajstić information content (AvgIpc) is 3.04. The molecule has 2 atom stereocenters. The summed E-state index contributed by atoms with van der Waals surface area (Å²) in [5, 5.41) is 13.7. The van der Waals surface area contributed by atoms with E-state index in [1.54, 1.807) is 18.2 Å². The fraction of sp³-hybridized carbons (Fsp3) is 0.316. The smallest absolute Gasteiger partial charge is 0.242 e. The Balaban J connectivity index is 1.71. The van der Waals surface area contributed by atoms with Gasteiger partial charge in [-0.25, -0.2) is 10.9 Å². The number of carbonyl (C=O) groups is 1. The molecule has 132 valence electrons. The molecule has 0 aromatic heterocycles. The first kappa shape index (κ1) is 17.7. The number of aryl methyl sites for hydroxylation is 3. The highest BCUT2D eigenvalue weighted by molar-refractivity contribution is 6.31. The van der Waals surface area contributed by atoms with Gasteiger partial charge in [-0.1, -0.05) is 23.7 Å². The average molecular weight is 360 g/mol. The summed E-state index contributed by atoms with van der Waals surface area (Å²) in [5.74, 6) is 0.109. The number of benzene rings is 2. The topological polar surface area (TPSA) is 73.4 Å². The number of hydrazine groups is 1. The van der Waals surface area contributed by atoms with Crippen molar-refractivity contribution < 1.29 is 9.90 Å². The van der Waals surface area contributed by atoms with Crippen LogP contribution in [0.4, 0.5) is 5.69 Å². The molecule has 1 saturated heterocycles. The van der Waals surface area contributed by atoms with Crippen LogP contribution >= 0.6 is 11.6 Å². The third-order valence-electron chi connectivity index (χ3n) is 4.70. The minimum absolute atomic E-state index is 0.129. The Morgan fingerprint density at radius 2 is 1.84 bits per heavy atom. The molecule has 0 spiro atoms. The van der Waals surface area contributed by atoms with E-state index in [0.717, 1.165) is 22.3 Å². The van der Waals surface area contributed by atoms with Gasteiger partial charge in [0.05, 0.1) is 6.04 Å². The van der Waals surface area contributed by atoms with Gasteiger partial charge in [0, 0.05) is 16.3 Å². The maximum atomic E-state index is 12.5. The van der Waals surface area contributed by atoms with E-state index in [2.05, 4.69) is 16.2 Å². The first-order valence-corrected chi connectivity index (χ1v) is 8.61. The molecular formula is C19H22ClN3O2. The van der Waals surface area contributed by atoms with Crippen LogP contribution in [-0.4, -0.2) is 17.1 Å². The molecule has 1 fully saturated rings. The second-order valence-electron chi connectivity index (χ2n) is 6.57. The van der Waals surface area contributed by atoms with Gasteiger partial charge in [-0.2, -0.15) is 0 Å². The molecule has 6 heteroatoms. The number of halogens is 1. The molecule has 1 heterocycles. The number of amides is 1. The number of carbonyl (C=O) groups excluding carboxylic acids is 1. The van der Waals surface area contributed by atoms with E-state index >= 15 is 0 Å². The predicted octanol–water partition coefficient (Wildman–Crippen LogP) is 3.52. The molecule has 0 saturated carbocycles. The van der Waals surface area contributed by atoms with E-state index in [1.165, 1.54) is 0 Å². The van der Waals surface area contributed by atoms with Crippen molar-refractivity contribution in [1.82, 2.24) is 10.9 Å². The normalized spacial score (nSPS) is 19.8. The third-order valence-corrected chi connectivity index (χ3v) is 4.93. The summed E-state index contributed by atoms with van der Waals surface area (Å²) in [6, 6.07) is 8.60. The molecule has 0 bridgehead atoms. The molecule has 5 nitrogen and oxygen atoms in total. The summed E-state index contributed by atoms with van der Waals surface area (Å²) >= 11 is 6.00. The third kappa shape index (κ3) is 3.79. The van der Waals surface area contributed by atoms with Gasteiger partial charge in [0.1, 0.15) is 11.8 Å².